The third-order valence-electron chi connectivity index (χ3n) is 5.19. The molecule has 0 aliphatic rings. The van der Waals surface area contributed by atoms with E-state index in [9.17, 15) is 9.90 Å². The summed E-state index contributed by atoms with van der Waals surface area (Å²) >= 11 is 6.01. The van der Waals surface area contributed by atoms with Gasteiger partial charge in [-0.1, -0.05) is 54.1 Å². The van der Waals surface area contributed by atoms with Crippen LogP contribution in [0.2, 0.25) is 5.02 Å². The van der Waals surface area contributed by atoms with E-state index in [1.54, 1.807) is 15.8 Å². The number of aliphatic hydroxyl groups is 1. The van der Waals surface area contributed by atoms with E-state index in [0.717, 1.165) is 11.1 Å². The second-order valence-corrected chi connectivity index (χ2v) is 7.63. The van der Waals surface area contributed by atoms with Gasteiger partial charge in [-0.3, -0.25) is 4.79 Å². The summed E-state index contributed by atoms with van der Waals surface area (Å²) in [4.78, 5) is 19.8. The van der Waals surface area contributed by atoms with Crippen molar-refractivity contribution in [1.82, 2.24) is 19.7 Å². The minimum atomic E-state index is -0.146. The Labute approximate surface area is 185 Å². The van der Waals surface area contributed by atoms with E-state index in [0.29, 0.717) is 40.4 Å². The lowest BCUT2D eigenvalue weighted by atomic mass is 10.1. The highest BCUT2D eigenvalue weighted by Crippen LogP contribution is 2.26. The van der Waals surface area contributed by atoms with Crippen LogP contribution in [0.4, 0.5) is 0 Å². The molecular weight excluding hydrogens is 412 g/mol. The number of rotatable bonds is 7. The molecule has 2 heterocycles. The van der Waals surface area contributed by atoms with Gasteiger partial charge in [0.15, 0.2) is 5.65 Å². The number of halogens is 1. The molecule has 7 heteroatoms. The third kappa shape index (κ3) is 4.45. The van der Waals surface area contributed by atoms with Gasteiger partial charge in [0.1, 0.15) is 0 Å². The molecule has 2 aromatic heterocycles. The highest BCUT2D eigenvalue weighted by Gasteiger charge is 2.21. The summed E-state index contributed by atoms with van der Waals surface area (Å²) in [6.07, 6.45) is 1.69. The van der Waals surface area contributed by atoms with Gasteiger partial charge in [-0.05, 0) is 30.7 Å². The van der Waals surface area contributed by atoms with Crippen molar-refractivity contribution >= 4 is 28.5 Å². The van der Waals surface area contributed by atoms with Crippen LogP contribution in [0.5, 0.6) is 0 Å². The summed E-state index contributed by atoms with van der Waals surface area (Å²) in [5.41, 5.74) is 3.82. The van der Waals surface area contributed by atoms with Gasteiger partial charge in [0.05, 0.1) is 36.0 Å². The SMILES string of the molecule is CCN(CCO)C(=O)c1cc(-c2ccccc2)nc2c1cnn2Cc1ccc(Cl)cc1. The van der Waals surface area contributed by atoms with Crippen molar-refractivity contribution in [2.24, 2.45) is 0 Å². The Morgan fingerprint density at radius 3 is 2.55 bits per heavy atom. The van der Waals surface area contributed by atoms with Crippen LogP contribution in [0.1, 0.15) is 22.8 Å². The molecule has 0 saturated heterocycles. The highest BCUT2D eigenvalue weighted by atomic mass is 35.5. The number of nitrogens with zero attached hydrogens (tertiary/aromatic N) is 4. The largest absolute Gasteiger partial charge is 0.395 e. The van der Waals surface area contributed by atoms with Crippen LogP contribution in [-0.2, 0) is 6.54 Å². The molecule has 0 unspecified atom stereocenters. The molecule has 0 fully saturated rings. The lowest BCUT2D eigenvalue weighted by Gasteiger charge is -2.20. The predicted octanol–water partition coefficient (Wildman–Crippen LogP) is 4.25. The molecule has 6 nitrogen and oxygen atoms in total. The molecule has 31 heavy (non-hydrogen) atoms. The van der Waals surface area contributed by atoms with Crippen molar-refractivity contribution in [3.05, 3.63) is 83.0 Å². The van der Waals surface area contributed by atoms with Gasteiger partial charge in [0.2, 0.25) is 0 Å². The molecule has 0 atom stereocenters. The number of amides is 1. The van der Waals surface area contributed by atoms with E-state index in [4.69, 9.17) is 16.6 Å². The fourth-order valence-corrected chi connectivity index (χ4v) is 3.68. The first-order valence-corrected chi connectivity index (χ1v) is 10.5. The van der Waals surface area contributed by atoms with Crippen LogP contribution in [0.25, 0.3) is 22.3 Å². The number of aliphatic hydroxyl groups excluding tert-OH is 1. The standard InChI is InChI=1S/C24H23ClN4O2/c1-2-28(12-13-30)24(31)20-14-22(18-6-4-3-5-7-18)27-23-21(20)15-26-29(23)16-17-8-10-19(25)11-9-17/h3-11,14-15,30H,2,12-13,16H2,1H3. The molecule has 0 aliphatic heterocycles. The maximum absolute atomic E-state index is 13.3. The van der Waals surface area contributed by atoms with E-state index >= 15 is 0 Å². The summed E-state index contributed by atoms with van der Waals surface area (Å²) < 4.78 is 1.80. The second-order valence-electron chi connectivity index (χ2n) is 7.20. The fraction of sp³-hybridized carbons (Fsp3) is 0.208. The first-order valence-electron chi connectivity index (χ1n) is 10.2. The molecule has 0 aliphatic carbocycles. The minimum Gasteiger partial charge on any atom is -0.395 e. The molecule has 0 bridgehead atoms. The maximum Gasteiger partial charge on any atom is 0.254 e. The number of pyridine rings is 1. The molecule has 4 aromatic rings. The quantitative estimate of drug-likeness (QED) is 0.472. The van der Waals surface area contributed by atoms with Gasteiger partial charge in [-0.25, -0.2) is 9.67 Å². The third-order valence-corrected chi connectivity index (χ3v) is 5.45. The average Bonchev–Trinajstić information content (AvgIpc) is 3.21. The normalized spacial score (nSPS) is 11.1. The van der Waals surface area contributed by atoms with Crippen molar-refractivity contribution in [1.29, 1.82) is 0 Å². The first kappa shape index (κ1) is 21.0. The Morgan fingerprint density at radius 1 is 1.13 bits per heavy atom. The van der Waals surface area contributed by atoms with E-state index in [1.807, 2.05) is 67.6 Å². The monoisotopic (exact) mass is 434 g/mol. The average molecular weight is 435 g/mol. The Bertz CT molecular complexity index is 1190. The number of carbonyl (C=O) groups is 1. The van der Waals surface area contributed by atoms with Crippen LogP contribution in [-0.4, -0.2) is 50.4 Å². The lowest BCUT2D eigenvalue weighted by molar-refractivity contribution is 0.0734. The van der Waals surface area contributed by atoms with E-state index < -0.39 is 0 Å². The maximum atomic E-state index is 13.3. The number of benzene rings is 2. The van der Waals surface area contributed by atoms with E-state index in [1.165, 1.54) is 0 Å². The Kier molecular flexibility index (Phi) is 6.30. The Morgan fingerprint density at radius 2 is 1.87 bits per heavy atom. The van der Waals surface area contributed by atoms with E-state index in [2.05, 4.69) is 5.10 Å². The van der Waals surface area contributed by atoms with Crippen LogP contribution in [0.15, 0.2) is 66.9 Å². The molecule has 2 aromatic carbocycles. The van der Waals surface area contributed by atoms with Gasteiger partial charge in [-0.15, -0.1) is 0 Å². The lowest BCUT2D eigenvalue weighted by Crippen LogP contribution is -2.33. The van der Waals surface area contributed by atoms with Crippen LogP contribution >= 0.6 is 11.6 Å². The molecule has 0 spiro atoms. The van der Waals surface area contributed by atoms with Gasteiger partial charge < -0.3 is 10.0 Å². The summed E-state index contributed by atoms with van der Waals surface area (Å²) in [6.45, 7) is 3.10. The number of carbonyl (C=O) groups excluding carboxylic acids is 1. The number of likely N-dealkylation sites (N-methyl/N-ethyl adjacent to an activating group) is 1. The molecule has 0 radical (unpaired) electrons. The van der Waals surface area contributed by atoms with Gasteiger partial charge in [-0.2, -0.15) is 5.10 Å². The molecule has 0 saturated carbocycles. The van der Waals surface area contributed by atoms with Crippen molar-refractivity contribution in [3.8, 4) is 11.3 Å². The predicted molar refractivity (Wildman–Crippen MR) is 122 cm³/mol. The smallest absolute Gasteiger partial charge is 0.254 e. The van der Waals surface area contributed by atoms with Crippen molar-refractivity contribution in [3.63, 3.8) is 0 Å². The molecule has 1 amide bonds. The molecule has 158 valence electrons. The van der Waals surface area contributed by atoms with Gasteiger partial charge in [0.25, 0.3) is 5.91 Å². The van der Waals surface area contributed by atoms with Crippen LogP contribution in [0.3, 0.4) is 0 Å². The number of fused-ring (bicyclic) bond motifs is 1. The zero-order valence-electron chi connectivity index (χ0n) is 17.2. The Hall–Kier alpha value is -3.22. The highest BCUT2D eigenvalue weighted by molar-refractivity contribution is 6.30. The van der Waals surface area contributed by atoms with Crippen LogP contribution < -0.4 is 0 Å². The number of aromatic nitrogens is 3. The molecule has 4 rings (SSSR count). The van der Waals surface area contributed by atoms with E-state index in [-0.39, 0.29) is 19.1 Å². The summed E-state index contributed by atoms with van der Waals surface area (Å²) in [7, 11) is 0. The Balaban J connectivity index is 1.84. The van der Waals surface area contributed by atoms with Crippen molar-refractivity contribution < 1.29 is 9.90 Å². The van der Waals surface area contributed by atoms with Crippen LogP contribution in [0, 0.1) is 0 Å². The number of hydrogen-bond acceptors (Lipinski definition) is 4. The topological polar surface area (TPSA) is 71.2 Å². The fourth-order valence-electron chi connectivity index (χ4n) is 3.55. The molecular formula is C24H23ClN4O2. The van der Waals surface area contributed by atoms with Gasteiger partial charge >= 0.3 is 0 Å². The zero-order valence-corrected chi connectivity index (χ0v) is 18.0. The van der Waals surface area contributed by atoms with Gasteiger partial charge in [0, 0.05) is 23.7 Å². The second kappa shape index (κ2) is 9.29. The van der Waals surface area contributed by atoms with Crippen molar-refractivity contribution in [2.45, 2.75) is 13.5 Å². The zero-order chi connectivity index (χ0) is 21.8. The van der Waals surface area contributed by atoms with Crippen molar-refractivity contribution in [2.75, 3.05) is 19.7 Å². The summed E-state index contributed by atoms with van der Waals surface area (Å²) in [6, 6.07) is 19.2. The summed E-state index contributed by atoms with van der Waals surface area (Å²) in [5.74, 6) is -0.146. The number of hydrogen-bond donors (Lipinski definition) is 1. The minimum absolute atomic E-state index is 0.0881. The molecule has 1 N–H and O–H groups in total. The summed E-state index contributed by atoms with van der Waals surface area (Å²) in [5, 5.41) is 15.3. The first-order chi connectivity index (χ1) is 15.1.